The van der Waals surface area contributed by atoms with Gasteiger partial charge >= 0.3 is 0 Å². The van der Waals surface area contributed by atoms with Crippen LogP contribution in [0.1, 0.15) is 44.5 Å². The van der Waals surface area contributed by atoms with Gasteiger partial charge < -0.3 is 15.4 Å². The smallest absolute Gasteiger partial charge is 0.256 e. The van der Waals surface area contributed by atoms with Crippen LogP contribution < -0.4 is 15.4 Å². The number of amides is 2. The summed E-state index contributed by atoms with van der Waals surface area (Å²) in [5, 5.41) is 6.30. The van der Waals surface area contributed by atoms with Gasteiger partial charge in [-0.2, -0.15) is 0 Å². The quantitative estimate of drug-likeness (QED) is 0.590. The Hall–Kier alpha value is -3.12. The van der Waals surface area contributed by atoms with E-state index >= 15 is 0 Å². The maximum atomic E-state index is 12.8. The van der Waals surface area contributed by atoms with Crippen LogP contribution in [-0.2, 0) is 12.8 Å². The van der Waals surface area contributed by atoms with E-state index in [1.165, 1.54) is 16.2 Å². The molecule has 5 nitrogen and oxygen atoms in total. The second kappa shape index (κ2) is 8.71. The van der Waals surface area contributed by atoms with Gasteiger partial charge in [-0.1, -0.05) is 25.1 Å². The normalized spacial score (nSPS) is 15.2. The van der Waals surface area contributed by atoms with Crippen molar-refractivity contribution in [3.63, 3.8) is 0 Å². The Bertz CT molecular complexity index is 1060. The van der Waals surface area contributed by atoms with Gasteiger partial charge in [-0.05, 0) is 67.1 Å². The molecule has 0 fully saturated rings. The van der Waals surface area contributed by atoms with Gasteiger partial charge in [0.15, 0.2) is 0 Å². The third kappa shape index (κ3) is 4.24. The number of rotatable bonds is 5. The van der Waals surface area contributed by atoms with Crippen LogP contribution >= 0.6 is 11.3 Å². The first kappa shape index (κ1) is 20.2. The number of carbonyl (C=O) groups is 2. The largest absolute Gasteiger partial charge is 0.457 e. The highest BCUT2D eigenvalue weighted by Gasteiger charge is 2.28. The molecule has 2 amide bonds. The molecule has 2 N–H and O–H groups in total. The predicted octanol–water partition coefficient (Wildman–Crippen LogP) is 5.28. The Morgan fingerprint density at radius 3 is 2.40 bits per heavy atom. The van der Waals surface area contributed by atoms with E-state index in [0.29, 0.717) is 27.8 Å². The summed E-state index contributed by atoms with van der Waals surface area (Å²) in [7, 11) is 1.62. The number of hydrogen-bond donors (Lipinski definition) is 2. The number of hydrogen-bond acceptors (Lipinski definition) is 4. The first-order chi connectivity index (χ1) is 14.5. The van der Waals surface area contributed by atoms with Crippen LogP contribution in [0.4, 0.5) is 5.00 Å². The fourth-order valence-electron chi connectivity index (χ4n) is 3.68. The van der Waals surface area contributed by atoms with Gasteiger partial charge in [0.2, 0.25) is 0 Å². The zero-order chi connectivity index (χ0) is 21.1. The Kier molecular flexibility index (Phi) is 5.86. The predicted molar refractivity (Wildman–Crippen MR) is 120 cm³/mol. The highest BCUT2D eigenvalue weighted by molar-refractivity contribution is 7.17. The van der Waals surface area contributed by atoms with Crippen molar-refractivity contribution in [1.29, 1.82) is 0 Å². The highest BCUT2D eigenvalue weighted by atomic mass is 32.1. The second-order valence-electron chi connectivity index (χ2n) is 7.53. The lowest BCUT2D eigenvalue weighted by atomic mass is 9.88. The van der Waals surface area contributed by atoms with Crippen LogP contribution in [0.15, 0.2) is 54.6 Å². The Morgan fingerprint density at radius 2 is 1.70 bits per heavy atom. The van der Waals surface area contributed by atoms with Gasteiger partial charge in [0, 0.05) is 17.5 Å². The molecule has 1 aliphatic carbocycles. The van der Waals surface area contributed by atoms with E-state index in [2.05, 4.69) is 17.6 Å². The number of ether oxygens (including phenoxy) is 1. The van der Waals surface area contributed by atoms with E-state index in [1.54, 1.807) is 31.3 Å². The first-order valence-corrected chi connectivity index (χ1v) is 10.9. The van der Waals surface area contributed by atoms with E-state index < -0.39 is 0 Å². The highest BCUT2D eigenvalue weighted by Crippen LogP contribution is 2.39. The van der Waals surface area contributed by atoms with Crippen LogP contribution in [0.3, 0.4) is 0 Å². The lowest BCUT2D eigenvalue weighted by Crippen LogP contribution is -2.22. The van der Waals surface area contributed by atoms with Gasteiger partial charge in [-0.3, -0.25) is 9.59 Å². The summed E-state index contributed by atoms with van der Waals surface area (Å²) in [6.07, 6.45) is 2.88. The maximum absolute atomic E-state index is 12.8. The molecule has 0 radical (unpaired) electrons. The van der Waals surface area contributed by atoms with Crippen molar-refractivity contribution < 1.29 is 14.3 Å². The van der Waals surface area contributed by atoms with Crippen molar-refractivity contribution in [2.45, 2.75) is 26.2 Å². The summed E-state index contributed by atoms with van der Waals surface area (Å²) in [6, 6.07) is 16.5. The zero-order valence-corrected chi connectivity index (χ0v) is 17.8. The molecule has 154 valence electrons. The zero-order valence-electron chi connectivity index (χ0n) is 17.0. The fourth-order valence-corrected chi connectivity index (χ4v) is 5.08. The molecule has 30 heavy (non-hydrogen) atoms. The number of nitrogens with one attached hydrogen (secondary N) is 2. The number of para-hydroxylation sites is 1. The third-order valence-corrected chi connectivity index (χ3v) is 6.46. The molecule has 0 aliphatic heterocycles. The topological polar surface area (TPSA) is 67.4 Å². The number of thiophene rings is 1. The van der Waals surface area contributed by atoms with Crippen molar-refractivity contribution in [2.75, 3.05) is 12.4 Å². The minimum Gasteiger partial charge on any atom is -0.457 e. The Labute approximate surface area is 180 Å². The van der Waals surface area contributed by atoms with E-state index in [0.717, 1.165) is 30.6 Å². The molecule has 2 aromatic carbocycles. The first-order valence-electron chi connectivity index (χ1n) is 10.1. The molecule has 1 unspecified atom stereocenters. The lowest BCUT2D eigenvalue weighted by Gasteiger charge is -2.18. The van der Waals surface area contributed by atoms with Crippen LogP contribution in [0, 0.1) is 5.92 Å². The molecule has 0 spiro atoms. The molecule has 1 aromatic heterocycles. The molecule has 6 heteroatoms. The summed E-state index contributed by atoms with van der Waals surface area (Å²) >= 11 is 1.52. The van der Waals surface area contributed by atoms with E-state index in [4.69, 9.17) is 4.74 Å². The summed E-state index contributed by atoms with van der Waals surface area (Å²) in [6.45, 7) is 2.22. The summed E-state index contributed by atoms with van der Waals surface area (Å²) in [5.41, 5.74) is 2.21. The van der Waals surface area contributed by atoms with Crippen molar-refractivity contribution in [2.24, 2.45) is 5.92 Å². The van der Waals surface area contributed by atoms with Crippen LogP contribution in [0.25, 0.3) is 0 Å². The maximum Gasteiger partial charge on any atom is 0.256 e. The van der Waals surface area contributed by atoms with Gasteiger partial charge in [0.05, 0.1) is 5.56 Å². The molecule has 1 atom stereocenters. The monoisotopic (exact) mass is 420 g/mol. The average molecular weight is 421 g/mol. The van der Waals surface area contributed by atoms with Crippen molar-refractivity contribution in [1.82, 2.24) is 5.32 Å². The minimum absolute atomic E-state index is 0.149. The van der Waals surface area contributed by atoms with Crippen LogP contribution in [0.2, 0.25) is 0 Å². The van der Waals surface area contributed by atoms with E-state index in [1.807, 2.05) is 30.3 Å². The van der Waals surface area contributed by atoms with Gasteiger partial charge in [0.25, 0.3) is 11.8 Å². The molecule has 4 rings (SSSR count). The standard InChI is InChI=1S/C24H24N2O3S/c1-15-8-13-19-20(14-15)30-24(21(19)23(28)25-2)26-22(27)16-9-11-18(12-10-16)29-17-6-4-3-5-7-17/h3-7,9-12,15H,8,13-14H2,1-2H3,(H,25,28)(H,26,27). The fraction of sp³-hybridized carbons (Fsp3) is 0.250. The minimum atomic E-state index is -0.238. The Balaban J connectivity index is 1.53. The molecule has 0 saturated heterocycles. The summed E-state index contributed by atoms with van der Waals surface area (Å²) in [5.74, 6) is 1.60. The van der Waals surface area contributed by atoms with E-state index in [-0.39, 0.29) is 11.8 Å². The SMILES string of the molecule is CNC(=O)c1c(NC(=O)c2ccc(Oc3ccccc3)cc2)sc2c1CCC(C)C2. The average Bonchev–Trinajstić information content (AvgIpc) is 3.11. The van der Waals surface area contributed by atoms with Crippen LogP contribution in [0.5, 0.6) is 11.5 Å². The number of carbonyl (C=O) groups excluding carboxylic acids is 2. The molecule has 1 aliphatic rings. The molecule has 1 heterocycles. The molecule has 0 bridgehead atoms. The van der Waals surface area contributed by atoms with Crippen molar-refractivity contribution in [3.05, 3.63) is 76.2 Å². The van der Waals surface area contributed by atoms with Gasteiger partial charge in [-0.15, -0.1) is 11.3 Å². The second-order valence-corrected chi connectivity index (χ2v) is 8.63. The summed E-state index contributed by atoms with van der Waals surface area (Å²) in [4.78, 5) is 26.6. The van der Waals surface area contributed by atoms with Crippen molar-refractivity contribution >= 4 is 28.2 Å². The lowest BCUT2D eigenvalue weighted by molar-refractivity contribution is 0.0963. The third-order valence-electron chi connectivity index (χ3n) is 5.29. The van der Waals surface area contributed by atoms with Crippen LogP contribution in [-0.4, -0.2) is 18.9 Å². The molecule has 0 saturated carbocycles. The number of fused-ring (bicyclic) bond motifs is 1. The van der Waals surface area contributed by atoms with Crippen molar-refractivity contribution in [3.8, 4) is 11.5 Å². The number of benzene rings is 2. The van der Waals surface area contributed by atoms with Gasteiger partial charge in [-0.25, -0.2) is 0 Å². The molecular weight excluding hydrogens is 396 g/mol. The van der Waals surface area contributed by atoms with E-state index in [9.17, 15) is 9.59 Å². The number of anilines is 1. The molecular formula is C24H24N2O3S. The Morgan fingerprint density at radius 1 is 1.00 bits per heavy atom. The summed E-state index contributed by atoms with van der Waals surface area (Å²) < 4.78 is 5.78. The van der Waals surface area contributed by atoms with Gasteiger partial charge in [0.1, 0.15) is 16.5 Å². The molecule has 3 aromatic rings.